The monoisotopic (exact) mass is 251 g/mol. The minimum absolute atomic E-state index is 0.0235. The minimum Gasteiger partial charge on any atom is -0.409 e. The fraction of sp³-hybridized carbons (Fsp3) is 0.125. The molecule has 2 aromatic heterocycles. The fourth-order valence-electron chi connectivity index (χ4n) is 1.09. The third-order valence-corrected chi connectivity index (χ3v) is 2.98. The number of aryl methyl sites for hydroxylation is 1. The molecule has 0 aromatic carbocycles. The van der Waals surface area contributed by atoms with E-state index in [1.165, 1.54) is 18.0 Å². The summed E-state index contributed by atoms with van der Waals surface area (Å²) in [5, 5.41) is 28.1. The van der Waals surface area contributed by atoms with Gasteiger partial charge in [0, 0.05) is 7.05 Å². The molecule has 0 amide bonds. The topological polar surface area (TPSA) is 115 Å². The van der Waals surface area contributed by atoms with E-state index in [2.05, 4.69) is 25.6 Å². The molecule has 0 spiro atoms. The number of nitrogens with two attached hydrogens (primary N) is 1. The average Bonchev–Trinajstić information content (AvgIpc) is 2.75. The van der Waals surface area contributed by atoms with Crippen LogP contribution in [0.1, 0.15) is 5.56 Å². The SMILES string of the molecule is Cn1cnnc1Sc1nnccc1/C(N)=N/O. The summed E-state index contributed by atoms with van der Waals surface area (Å²) in [6, 6.07) is 1.61. The van der Waals surface area contributed by atoms with E-state index >= 15 is 0 Å². The standard InChI is InChI=1S/C8H9N7OS/c1-15-4-11-13-8(15)17-7-5(6(9)14-16)2-3-10-12-7/h2-4,16H,1H3,(H2,9,14). The van der Waals surface area contributed by atoms with Gasteiger partial charge in [-0.1, -0.05) is 5.16 Å². The molecule has 0 saturated heterocycles. The predicted octanol–water partition coefficient (Wildman–Crippen LogP) is -0.149. The molecule has 0 aliphatic carbocycles. The maximum absolute atomic E-state index is 8.67. The van der Waals surface area contributed by atoms with Crippen molar-refractivity contribution in [1.29, 1.82) is 0 Å². The number of hydrogen-bond donors (Lipinski definition) is 2. The molecule has 88 valence electrons. The zero-order chi connectivity index (χ0) is 12.3. The summed E-state index contributed by atoms with van der Waals surface area (Å²) in [5.74, 6) is -0.0235. The van der Waals surface area contributed by atoms with Crippen molar-refractivity contribution in [3.8, 4) is 0 Å². The number of oxime groups is 1. The van der Waals surface area contributed by atoms with Crippen LogP contribution in [0.4, 0.5) is 0 Å². The van der Waals surface area contributed by atoms with E-state index in [4.69, 9.17) is 10.9 Å². The highest BCUT2D eigenvalue weighted by atomic mass is 32.2. The second kappa shape index (κ2) is 4.78. The maximum Gasteiger partial charge on any atom is 0.197 e. The van der Waals surface area contributed by atoms with Crippen LogP contribution < -0.4 is 5.73 Å². The van der Waals surface area contributed by atoms with E-state index in [0.717, 1.165) is 0 Å². The number of hydrogen-bond acceptors (Lipinski definition) is 7. The summed E-state index contributed by atoms with van der Waals surface area (Å²) in [6.45, 7) is 0. The smallest absolute Gasteiger partial charge is 0.197 e. The fourth-order valence-corrected chi connectivity index (χ4v) is 1.92. The summed E-state index contributed by atoms with van der Waals surface area (Å²) in [7, 11) is 1.81. The van der Waals surface area contributed by atoms with Crippen molar-refractivity contribution in [2.24, 2.45) is 17.9 Å². The van der Waals surface area contributed by atoms with E-state index in [1.54, 1.807) is 17.0 Å². The highest BCUT2D eigenvalue weighted by molar-refractivity contribution is 7.99. The van der Waals surface area contributed by atoms with Gasteiger partial charge in [0.05, 0.1) is 11.8 Å². The molecule has 0 radical (unpaired) electrons. The van der Waals surface area contributed by atoms with Gasteiger partial charge in [0.25, 0.3) is 0 Å². The van der Waals surface area contributed by atoms with Crippen molar-refractivity contribution in [1.82, 2.24) is 25.0 Å². The molecule has 0 unspecified atom stereocenters. The molecular weight excluding hydrogens is 242 g/mol. The van der Waals surface area contributed by atoms with E-state index in [9.17, 15) is 0 Å². The summed E-state index contributed by atoms with van der Waals surface area (Å²) in [4.78, 5) is 0. The minimum atomic E-state index is -0.0235. The van der Waals surface area contributed by atoms with Gasteiger partial charge in [-0.15, -0.1) is 15.3 Å². The molecule has 0 saturated carbocycles. The lowest BCUT2D eigenvalue weighted by Crippen LogP contribution is -2.15. The molecule has 2 heterocycles. The highest BCUT2D eigenvalue weighted by Crippen LogP contribution is 2.25. The average molecular weight is 251 g/mol. The largest absolute Gasteiger partial charge is 0.409 e. The zero-order valence-electron chi connectivity index (χ0n) is 8.85. The Balaban J connectivity index is 2.36. The molecule has 0 fully saturated rings. The Morgan fingerprint density at radius 1 is 1.47 bits per heavy atom. The van der Waals surface area contributed by atoms with Crippen LogP contribution in [0.5, 0.6) is 0 Å². The first-order valence-electron chi connectivity index (χ1n) is 4.54. The van der Waals surface area contributed by atoms with Crippen molar-refractivity contribution < 1.29 is 5.21 Å². The van der Waals surface area contributed by atoms with Gasteiger partial charge >= 0.3 is 0 Å². The van der Waals surface area contributed by atoms with Gasteiger partial charge in [0.1, 0.15) is 11.4 Å². The molecule has 0 atom stereocenters. The summed E-state index contributed by atoms with van der Waals surface area (Å²) in [6.07, 6.45) is 3.04. The van der Waals surface area contributed by atoms with Crippen LogP contribution >= 0.6 is 11.8 Å². The molecule has 17 heavy (non-hydrogen) atoms. The number of aromatic nitrogens is 5. The molecule has 2 rings (SSSR count). The molecule has 0 aliphatic rings. The zero-order valence-corrected chi connectivity index (χ0v) is 9.66. The van der Waals surface area contributed by atoms with E-state index in [-0.39, 0.29) is 5.84 Å². The number of amidine groups is 1. The van der Waals surface area contributed by atoms with Crippen molar-refractivity contribution in [3.63, 3.8) is 0 Å². The van der Waals surface area contributed by atoms with E-state index in [0.29, 0.717) is 15.7 Å². The molecule has 0 aliphatic heterocycles. The lowest BCUT2D eigenvalue weighted by molar-refractivity contribution is 0.318. The van der Waals surface area contributed by atoms with Crippen molar-refractivity contribution in [3.05, 3.63) is 24.2 Å². The third-order valence-electron chi connectivity index (χ3n) is 1.93. The molecule has 2 aromatic rings. The lowest BCUT2D eigenvalue weighted by atomic mass is 10.3. The van der Waals surface area contributed by atoms with Crippen LogP contribution in [0.3, 0.4) is 0 Å². The maximum atomic E-state index is 8.67. The summed E-state index contributed by atoms with van der Waals surface area (Å²) < 4.78 is 1.73. The molecule has 9 heteroatoms. The van der Waals surface area contributed by atoms with Crippen LogP contribution in [0.25, 0.3) is 0 Å². The lowest BCUT2D eigenvalue weighted by Gasteiger charge is -2.04. The predicted molar refractivity (Wildman–Crippen MR) is 59.7 cm³/mol. The third kappa shape index (κ3) is 2.33. The van der Waals surface area contributed by atoms with E-state index < -0.39 is 0 Å². The van der Waals surface area contributed by atoms with Gasteiger partial charge in [0.15, 0.2) is 11.0 Å². The highest BCUT2D eigenvalue weighted by Gasteiger charge is 2.13. The first-order chi connectivity index (χ1) is 8.22. The second-order valence-electron chi connectivity index (χ2n) is 3.06. The van der Waals surface area contributed by atoms with Crippen LogP contribution in [0.15, 0.2) is 33.9 Å². The Hall–Kier alpha value is -2.16. The van der Waals surface area contributed by atoms with Gasteiger partial charge in [-0.25, -0.2) is 0 Å². The number of nitrogens with zero attached hydrogens (tertiary/aromatic N) is 6. The van der Waals surface area contributed by atoms with Crippen LogP contribution in [0, 0.1) is 0 Å². The van der Waals surface area contributed by atoms with Crippen molar-refractivity contribution >= 4 is 17.6 Å². The first-order valence-corrected chi connectivity index (χ1v) is 5.35. The molecule has 8 nitrogen and oxygen atoms in total. The van der Waals surface area contributed by atoms with Gasteiger partial charge < -0.3 is 15.5 Å². The number of rotatable bonds is 3. The van der Waals surface area contributed by atoms with Gasteiger partial charge in [-0.2, -0.15) is 5.10 Å². The molecular formula is C8H9N7OS. The second-order valence-corrected chi connectivity index (χ2v) is 4.02. The van der Waals surface area contributed by atoms with Gasteiger partial charge in [-0.3, -0.25) is 0 Å². The van der Waals surface area contributed by atoms with Crippen LogP contribution in [-0.4, -0.2) is 36.0 Å². The van der Waals surface area contributed by atoms with Crippen molar-refractivity contribution in [2.75, 3.05) is 0 Å². The molecule has 0 bridgehead atoms. The first kappa shape index (κ1) is 11.3. The van der Waals surface area contributed by atoms with Gasteiger partial charge in [0.2, 0.25) is 0 Å². The van der Waals surface area contributed by atoms with Crippen LogP contribution in [-0.2, 0) is 7.05 Å². The Morgan fingerprint density at radius 2 is 2.29 bits per heavy atom. The van der Waals surface area contributed by atoms with E-state index in [1.807, 2.05) is 7.05 Å². The Labute approximate surface area is 101 Å². The van der Waals surface area contributed by atoms with Crippen LogP contribution in [0.2, 0.25) is 0 Å². The Kier molecular flexibility index (Phi) is 3.19. The normalized spacial score (nSPS) is 11.7. The Morgan fingerprint density at radius 3 is 2.94 bits per heavy atom. The summed E-state index contributed by atoms with van der Waals surface area (Å²) in [5.41, 5.74) is 6.03. The summed E-state index contributed by atoms with van der Waals surface area (Å²) >= 11 is 1.23. The van der Waals surface area contributed by atoms with Gasteiger partial charge in [-0.05, 0) is 17.8 Å². The molecule has 3 N–H and O–H groups in total. The van der Waals surface area contributed by atoms with Crippen molar-refractivity contribution in [2.45, 2.75) is 10.2 Å². The Bertz CT molecular complexity index is 552. The quantitative estimate of drug-likeness (QED) is 0.337.